The van der Waals surface area contributed by atoms with Crippen molar-refractivity contribution in [3.8, 4) is 0 Å². The largest absolute Gasteiger partial charge is 0.368 e. The summed E-state index contributed by atoms with van der Waals surface area (Å²) in [6, 6.07) is 0. The van der Waals surface area contributed by atoms with Crippen molar-refractivity contribution in [2.24, 2.45) is 5.92 Å². The Hall–Kier alpha value is -0.0800. The van der Waals surface area contributed by atoms with Crippen molar-refractivity contribution < 1.29 is 9.84 Å². The monoisotopic (exact) mass is 228 g/mol. The predicted molar refractivity (Wildman–Crippen MR) is 67.3 cm³/mol. The molecule has 2 atom stereocenters. The van der Waals surface area contributed by atoms with Gasteiger partial charge in [0.05, 0.1) is 0 Å². The average molecular weight is 228 g/mol. The number of aliphatic hydroxyl groups excluding tert-OH is 1. The Morgan fingerprint density at radius 3 is 2.44 bits per heavy atom. The maximum atomic E-state index is 9.62. The summed E-state index contributed by atoms with van der Waals surface area (Å²) in [5.74, 6) is 0.407. The van der Waals surface area contributed by atoms with Crippen LogP contribution >= 0.6 is 0 Å². The molecule has 1 saturated heterocycles. The van der Waals surface area contributed by atoms with Crippen LogP contribution in [0.5, 0.6) is 0 Å². The van der Waals surface area contributed by atoms with Crippen LogP contribution in [0.25, 0.3) is 0 Å². The van der Waals surface area contributed by atoms with E-state index in [0.717, 1.165) is 25.9 Å². The first-order chi connectivity index (χ1) is 7.84. The SMILES string of the molecule is CCCCCCCCCC1CCCOC1O. The first-order valence-electron chi connectivity index (χ1n) is 7.14. The zero-order valence-electron chi connectivity index (χ0n) is 10.8. The molecule has 2 unspecified atom stereocenters. The summed E-state index contributed by atoms with van der Waals surface area (Å²) in [6.07, 6.45) is 12.4. The molecule has 0 amide bonds. The van der Waals surface area contributed by atoms with Crippen molar-refractivity contribution in [3.63, 3.8) is 0 Å². The van der Waals surface area contributed by atoms with Gasteiger partial charge in [-0.1, -0.05) is 51.9 Å². The van der Waals surface area contributed by atoms with Crippen molar-refractivity contribution in [2.75, 3.05) is 6.61 Å². The van der Waals surface area contributed by atoms with Crippen LogP contribution in [0, 0.1) is 5.92 Å². The Bertz CT molecular complexity index is 159. The molecule has 0 bridgehead atoms. The van der Waals surface area contributed by atoms with Gasteiger partial charge in [-0.3, -0.25) is 0 Å². The van der Waals surface area contributed by atoms with Gasteiger partial charge in [0.1, 0.15) is 0 Å². The van der Waals surface area contributed by atoms with E-state index in [9.17, 15) is 5.11 Å². The molecule has 1 aliphatic heterocycles. The van der Waals surface area contributed by atoms with Crippen LogP contribution in [0.15, 0.2) is 0 Å². The number of hydrogen-bond acceptors (Lipinski definition) is 2. The van der Waals surface area contributed by atoms with Crippen molar-refractivity contribution in [1.29, 1.82) is 0 Å². The van der Waals surface area contributed by atoms with Crippen LogP contribution in [-0.2, 0) is 4.74 Å². The van der Waals surface area contributed by atoms with Gasteiger partial charge in [0.2, 0.25) is 0 Å². The summed E-state index contributed by atoms with van der Waals surface area (Å²) in [5.41, 5.74) is 0. The van der Waals surface area contributed by atoms with Crippen molar-refractivity contribution in [2.45, 2.75) is 77.4 Å². The average Bonchev–Trinajstić information content (AvgIpc) is 2.30. The normalized spacial score (nSPS) is 25.9. The molecule has 0 radical (unpaired) electrons. The fraction of sp³-hybridized carbons (Fsp3) is 1.00. The van der Waals surface area contributed by atoms with Gasteiger partial charge in [-0.05, 0) is 19.3 Å². The van der Waals surface area contributed by atoms with Crippen molar-refractivity contribution in [1.82, 2.24) is 0 Å². The van der Waals surface area contributed by atoms with Crippen molar-refractivity contribution in [3.05, 3.63) is 0 Å². The van der Waals surface area contributed by atoms with Crippen LogP contribution in [0.2, 0.25) is 0 Å². The van der Waals surface area contributed by atoms with Gasteiger partial charge < -0.3 is 9.84 Å². The van der Waals surface area contributed by atoms with Gasteiger partial charge >= 0.3 is 0 Å². The summed E-state index contributed by atoms with van der Waals surface area (Å²) in [7, 11) is 0. The van der Waals surface area contributed by atoms with E-state index in [-0.39, 0.29) is 0 Å². The second-order valence-electron chi connectivity index (χ2n) is 5.07. The molecule has 1 N–H and O–H groups in total. The van der Waals surface area contributed by atoms with Crippen LogP contribution in [0.3, 0.4) is 0 Å². The fourth-order valence-corrected chi connectivity index (χ4v) is 2.48. The lowest BCUT2D eigenvalue weighted by Gasteiger charge is -2.27. The number of aliphatic hydroxyl groups is 1. The molecular weight excluding hydrogens is 200 g/mol. The Morgan fingerprint density at radius 1 is 1.06 bits per heavy atom. The predicted octanol–water partition coefficient (Wildman–Crippen LogP) is 3.87. The highest BCUT2D eigenvalue weighted by molar-refractivity contribution is 4.66. The molecule has 2 nitrogen and oxygen atoms in total. The van der Waals surface area contributed by atoms with Gasteiger partial charge in [-0.25, -0.2) is 0 Å². The van der Waals surface area contributed by atoms with Gasteiger partial charge in [-0.15, -0.1) is 0 Å². The third kappa shape index (κ3) is 5.86. The van der Waals surface area contributed by atoms with E-state index in [0.29, 0.717) is 5.92 Å². The molecule has 0 saturated carbocycles. The minimum Gasteiger partial charge on any atom is -0.368 e. The minimum absolute atomic E-state index is 0.407. The zero-order chi connectivity index (χ0) is 11.6. The molecule has 0 aromatic heterocycles. The Morgan fingerprint density at radius 2 is 1.75 bits per heavy atom. The summed E-state index contributed by atoms with van der Waals surface area (Å²) < 4.78 is 5.26. The van der Waals surface area contributed by atoms with E-state index in [2.05, 4.69) is 6.92 Å². The highest BCUT2D eigenvalue weighted by Crippen LogP contribution is 2.24. The summed E-state index contributed by atoms with van der Waals surface area (Å²) in [6.45, 7) is 3.00. The molecule has 1 rings (SSSR count). The Labute approximate surface area is 100 Å². The molecule has 0 aromatic rings. The maximum absolute atomic E-state index is 9.62. The van der Waals surface area contributed by atoms with E-state index in [4.69, 9.17) is 4.74 Å². The Balaban J connectivity index is 1.90. The highest BCUT2D eigenvalue weighted by atomic mass is 16.6. The second kappa shape index (κ2) is 9.00. The van der Waals surface area contributed by atoms with Crippen LogP contribution in [-0.4, -0.2) is 18.0 Å². The van der Waals surface area contributed by atoms with E-state index in [1.54, 1.807) is 0 Å². The maximum Gasteiger partial charge on any atom is 0.157 e. The quantitative estimate of drug-likeness (QED) is 0.639. The van der Waals surface area contributed by atoms with Crippen molar-refractivity contribution >= 4 is 0 Å². The number of ether oxygens (including phenoxy) is 1. The summed E-state index contributed by atoms with van der Waals surface area (Å²) in [5, 5.41) is 9.62. The number of rotatable bonds is 8. The van der Waals surface area contributed by atoms with Gasteiger partial charge in [0.15, 0.2) is 6.29 Å². The second-order valence-corrected chi connectivity index (χ2v) is 5.07. The van der Waals surface area contributed by atoms with Gasteiger partial charge in [-0.2, -0.15) is 0 Å². The molecule has 96 valence electrons. The molecule has 0 aliphatic carbocycles. The molecule has 0 aromatic carbocycles. The standard InChI is InChI=1S/C14H28O2/c1-2-3-4-5-6-7-8-10-13-11-9-12-16-14(13)15/h13-15H,2-12H2,1H3. The fourth-order valence-electron chi connectivity index (χ4n) is 2.48. The Kier molecular flexibility index (Phi) is 7.87. The lowest BCUT2D eigenvalue weighted by atomic mass is 9.93. The first-order valence-corrected chi connectivity index (χ1v) is 7.14. The molecule has 1 aliphatic rings. The van der Waals surface area contributed by atoms with E-state index >= 15 is 0 Å². The molecule has 1 heterocycles. The number of unbranched alkanes of at least 4 members (excludes halogenated alkanes) is 6. The van der Waals surface area contributed by atoms with E-state index in [1.165, 1.54) is 44.9 Å². The molecule has 0 spiro atoms. The first kappa shape index (κ1) is 14.0. The molecule has 16 heavy (non-hydrogen) atoms. The lowest BCUT2D eigenvalue weighted by molar-refractivity contribution is -0.160. The summed E-state index contributed by atoms with van der Waals surface area (Å²) >= 11 is 0. The minimum atomic E-state index is -0.478. The number of hydrogen-bond donors (Lipinski definition) is 1. The third-order valence-corrected chi connectivity index (χ3v) is 3.59. The van der Waals surface area contributed by atoms with Gasteiger partial charge in [0.25, 0.3) is 0 Å². The third-order valence-electron chi connectivity index (χ3n) is 3.59. The van der Waals surface area contributed by atoms with Crippen LogP contribution < -0.4 is 0 Å². The summed E-state index contributed by atoms with van der Waals surface area (Å²) in [4.78, 5) is 0. The van der Waals surface area contributed by atoms with E-state index < -0.39 is 6.29 Å². The zero-order valence-corrected chi connectivity index (χ0v) is 10.8. The molecular formula is C14H28O2. The molecule has 2 heteroatoms. The van der Waals surface area contributed by atoms with Gasteiger partial charge in [0, 0.05) is 12.5 Å². The highest BCUT2D eigenvalue weighted by Gasteiger charge is 2.22. The lowest BCUT2D eigenvalue weighted by Crippen LogP contribution is -2.28. The van der Waals surface area contributed by atoms with Crippen LogP contribution in [0.1, 0.15) is 71.1 Å². The molecule has 1 fully saturated rings. The topological polar surface area (TPSA) is 29.5 Å². The van der Waals surface area contributed by atoms with Crippen LogP contribution in [0.4, 0.5) is 0 Å². The van der Waals surface area contributed by atoms with E-state index in [1.807, 2.05) is 0 Å². The smallest absolute Gasteiger partial charge is 0.157 e.